The van der Waals surface area contributed by atoms with Gasteiger partial charge in [-0.15, -0.1) is 0 Å². The van der Waals surface area contributed by atoms with Gasteiger partial charge in [0.1, 0.15) is 30.8 Å². The molecule has 2 atom stereocenters. The summed E-state index contributed by atoms with van der Waals surface area (Å²) in [7, 11) is 11.8. The van der Waals surface area contributed by atoms with Crippen molar-refractivity contribution >= 4 is 47.6 Å². The Kier molecular flexibility index (Phi) is 22.9. The molecule has 386 valence electrons. The number of nitrogens with zero attached hydrogens (tertiary/aromatic N) is 2. The zero-order chi connectivity index (χ0) is 52.7. The summed E-state index contributed by atoms with van der Waals surface area (Å²) in [6, 6.07) is 23.9. The molecule has 0 heterocycles. The Morgan fingerprint density at radius 2 is 0.901 bits per heavy atom. The van der Waals surface area contributed by atoms with Crippen LogP contribution in [0.2, 0.25) is 0 Å². The van der Waals surface area contributed by atoms with Crippen molar-refractivity contribution in [1.82, 2.24) is 15.1 Å². The highest BCUT2D eigenvalue weighted by Gasteiger charge is 2.42. The average Bonchev–Trinajstić information content (AvgIpc) is 3.40. The minimum Gasteiger partial charge on any atom is -0.493 e. The van der Waals surface area contributed by atoms with Crippen molar-refractivity contribution in [2.45, 2.75) is 44.7 Å². The number of ether oxygens (including phenoxy) is 11. The molecule has 4 rings (SSSR count). The van der Waals surface area contributed by atoms with Gasteiger partial charge < -0.3 is 57.4 Å². The maximum atomic E-state index is 13.1. The zero-order valence-corrected chi connectivity index (χ0v) is 42.5. The van der Waals surface area contributed by atoms with Crippen LogP contribution in [-0.4, -0.2) is 135 Å². The monoisotopic (exact) mass is 1010 g/mol. The Morgan fingerprint density at radius 3 is 1.21 bits per heavy atom. The van der Waals surface area contributed by atoms with E-state index in [1.807, 2.05) is 50.2 Å². The third-order valence-corrected chi connectivity index (χ3v) is 11.5. The molecular formula is C50H62ClN3O17. The van der Waals surface area contributed by atoms with E-state index in [-0.39, 0.29) is 48.5 Å². The van der Waals surface area contributed by atoms with Crippen molar-refractivity contribution < 1.29 is 80.9 Å². The molecule has 0 spiro atoms. The first kappa shape index (κ1) is 57.7. The molecule has 3 amide bonds. The molecule has 20 nitrogen and oxygen atoms in total. The first-order chi connectivity index (χ1) is 34.0. The highest BCUT2D eigenvalue weighted by Crippen LogP contribution is 2.41. The van der Waals surface area contributed by atoms with Crippen molar-refractivity contribution in [3.05, 3.63) is 107 Å². The topological polar surface area (TPSA) is 222 Å². The number of carbonyl (C=O) groups is 6. The maximum absolute atomic E-state index is 13.1. The van der Waals surface area contributed by atoms with E-state index in [4.69, 9.17) is 63.7 Å². The number of nitrogens with one attached hydrogen (secondary N) is 1. The molecule has 1 N–H and O–H groups in total. The molecular weight excluding hydrogens is 950 g/mol. The van der Waals surface area contributed by atoms with E-state index in [1.165, 1.54) is 90.7 Å². The van der Waals surface area contributed by atoms with E-state index < -0.39 is 53.9 Å². The molecule has 0 aliphatic rings. The highest BCUT2D eigenvalue weighted by molar-refractivity contribution is 6.17. The number of hydrogen-bond acceptors (Lipinski definition) is 17. The summed E-state index contributed by atoms with van der Waals surface area (Å²) >= 11 is 5.58. The second-order valence-electron chi connectivity index (χ2n) is 15.1. The summed E-state index contributed by atoms with van der Waals surface area (Å²) in [5, 5.41) is 2.29. The highest BCUT2D eigenvalue weighted by atomic mass is 35.5. The molecule has 21 heteroatoms. The third-order valence-electron chi connectivity index (χ3n) is 11.4. The molecule has 0 aliphatic carbocycles. The summed E-state index contributed by atoms with van der Waals surface area (Å²) in [4.78, 5) is 76.9. The predicted octanol–water partition coefficient (Wildman–Crippen LogP) is 7.32. The average molecular weight is 1010 g/mol. The van der Waals surface area contributed by atoms with Gasteiger partial charge in [0, 0.05) is 21.0 Å². The molecule has 71 heavy (non-hydrogen) atoms. The lowest BCUT2D eigenvalue weighted by molar-refractivity contribution is -0.152. The molecule has 0 unspecified atom stereocenters. The second-order valence-corrected chi connectivity index (χ2v) is 15.3. The van der Waals surface area contributed by atoms with Gasteiger partial charge in [0.25, 0.3) is 0 Å². The summed E-state index contributed by atoms with van der Waals surface area (Å²) in [5.41, 5.74) is -0.265. The van der Waals surface area contributed by atoms with Crippen LogP contribution in [-0.2, 0) is 44.4 Å². The SMILES string of the molecule is CC[C@@](COC(=O)c1cc(OC)c(OC)c(OC)c1)(c1ccccc1)N(C)C(=O)OCCl.CC[C@@](COC(=O)c1cc(OC)c(OC)c(OC)c1)(c1ccccc1)N(C)C(=O)OCOC(=O)CNC(C)=O. The van der Waals surface area contributed by atoms with E-state index in [2.05, 4.69) is 5.32 Å². The minimum absolute atomic E-state index is 0.114. The summed E-state index contributed by atoms with van der Waals surface area (Å²) in [5.74, 6) is -0.576. The summed E-state index contributed by atoms with van der Waals surface area (Å²) in [6.45, 7) is 3.62. The normalized spacial score (nSPS) is 12.1. The van der Waals surface area contributed by atoms with E-state index >= 15 is 0 Å². The molecule has 0 radical (unpaired) electrons. The Bertz CT molecular complexity index is 2360. The van der Waals surface area contributed by atoms with Crippen LogP contribution < -0.4 is 33.7 Å². The van der Waals surface area contributed by atoms with Crippen molar-refractivity contribution in [3.8, 4) is 34.5 Å². The van der Waals surface area contributed by atoms with E-state index in [0.717, 1.165) is 5.56 Å². The smallest absolute Gasteiger partial charge is 0.413 e. The van der Waals surface area contributed by atoms with E-state index in [0.29, 0.717) is 41.4 Å². The van der Waals surface area contributed by atoms with Gasteiger partial charge in [-0.05, 0) is 48.2 Å². The molecule has 0 aliphatic heterocycles. The zero-order valence-electron chi connectivity index (χ0n) is 41.7. The quantitative estimate of drug-likeness (QED) is 0.0333. The lowest BCUT2D eigenvalue weighted by Crippen LogP contribution is -2.50. The summed E-state index contributed by atoms with van der Waals surface area (Å²) in [6.07, 6.45) is -0.660. The molecule has 0 aromatic heterocycles. The fourth-order valence-corrected chi connectivity index (χ4v) is 7.34. The van der Waals surface area contributed by atoms with Crippen LogP contribution >= 0.6 is 11.6 Å². The van der Waals surface area contributed by atoms with Crippen molar-refractivity contribution in [2.75, 3.05) is 89.4 Å². The van der Waals surface area contributed by atoms with Crippen LogP contribution in [0.25, 0.3) is 0 Å². The van der Waals surface area contributed by atoms with Gasteiger partial charge >= 0.3 is 30.1 Å². The van der Waals surface area contributed by atoms with Crippen LogP contribution in [0.5, 0.6) is 34.5 Å². The van der Waals surface area contributed by atoms with Crippen molar-refractivity contribution in [1.29, 1.82) is 0 Å². The number of benzene rings is 4. The van der Waals surface area contributed by atoms with Crippen LogP contribution in [0, 0.1) is 0 Å². The largest absolute Gasteiger partial charge is 0.493 e. The van der Waals surface area contributed by atoms with Crippen LogP contribution in [0.15, 0.2) is 84.9 Å². The number of hydrogen-bond donors (Lipinski definition) is 1. The Hall–Kier alpha value is -7.61. The maximum Gasteiger partial charge on any atom is 0.413 e. The molecule has 0 bridgehead atoms. The minimum atomic E-state index is -1.13. The molecule has 4 aromatic carbocycles. The lowest BCUT2D eigenvalue weighted by Gasteiger charge is -2.40. The van der Waals surface area contributed by atoms with Gasteiger partial charge in [0.2, 0.25) is 24.2 Å². The number of esters is 3. The third kappa shape index (κ3) is 14.7. The number of halogens is 1. The van der Waals surface area contributed by atoms with Gasteiger partial charge in [0.15, 0.2) is 29.1 Å². The van der Waals surface area contributed by atoms with Gasteiger partial charge in [-0.25, -0.2) is 19.2 Å². The number of alkyl halides is 1. The molecule has 0 saturated carbocycles. The van der Waals surface area contributed by atoms with Crippen LogP contribution in [0.4, 0.5) is 9.59 Å². The number of methoxy groups -OCH3 is 6. The predicted molar refractivity (Wildman–Crippen MR) is 258 cm³/mol. The standard InChI is InChI=1S/C27H34N2O10.C23H28ClNO7/c1-7-27(20-11-9-8-10-12-20,29(3)26(33)39-17-38-23(31)15-28-18(2)30)16-37-25(32)19-13-21(34-4)24(36-6)22(14-19)35-5;1-6-23(17-10-8-7-9-11-17,25(2)22(27)32-15-24)14-31-21(26)16-12-18(28-3)20(30-5)19(13-16)29-4/h8-14H,7,15-17H2,1-6H3,(H,28,30);7-13H,6,14-15H2,1-5H3/t27-;23-/m11/s1. The van der Waals surface area contributed by atoms with Gasteiger partial charge in [-0.3, -0.25) is 19.4 Å². The number of likely N-dealkylation sites (N-methyl/N-ethyl adjacent to an activating group) is 2. The first-order valence-electron chi connectivity index (χ1n) is 21.8. The molecule has 0 fully saturated rings. The molecule has 4 aromatic rings. The number of rotatable bonds is 23. The van der Waals surface area contributed by atoms with Gasteiger partial charge in [-0.1, -0.05) is 86.1 Å². The first-order valence-corrected chi connectivity index (χ1v) is 22.4. The second kappa shape index (κ2) is 28.2. The Balaban J connectivity index is 0.000000383. The Labute approximate surface area is 418 Å². The van der Waals surface area contributed by atoms with Gasteiger partial charge in [0.05, 0.1) is 53.8 Å². The summed E-state index contributed by atoms with van der Waals surface area (Å²) < 4.78 is 58.2. The fraction of sp³-hybridized carbons (Fsp3) is 0.400. The van der Waals surface area contributed by atoms with Crippen LogP contribution in [0.1, 0.15) is 65.5 Å². The van der Waals surface area contributed by atoms with Crippen molar-refractivity contribution in [3.63, 3.8) is 0 Å². The van der Waals surface area contributed by atoms with Gasteiger partial charge in [-0.2, -0.15) is 0 Å². The number of amides is 3. The van der Waals surface area contributed by atoms with E-state index in [9.17, 15) is 28.8 Å². The number of carbonyl (C=O) groups excluding carboxylic acids is 6. The van der Waals surface area contributed by atoms with E-state index in [1.54, 1.807) is 31.3 Å². The molecule has 0 saturated heterocycles. The van der Waals surface area contributed by atoms with Crippen molar-refractivity contribution in [2.24, 2.45) is 0 Å². The Morgan fingerprint density at radius 1 is 0.535 bits per heavy atom. The lowest BCUT2D eigenvalue weighted by atomic mass is 9.86. The fourth-order valence-electron chi connectivity index (χ4n) is 7.25. The van der Waals surface area contributed by atoms with Crippen LogP contribution in [0.3, 0.4) is 0 Å².